The Morgan fingerprint density at radius 1 is 1.29 bits per heavy atom. The smallest absolute Gasteiger partial charge is 0.311 e. The predicted octanol–water partition coefficient (Wildman–Crippen LogP) is 2.80. The van der Waals surface area contributed by atoms with Gasteiger partial charge in [-0.1, -0.05) is 0 Å². The highest BCUT2D eigenvalue weighted by atomic mass is 35.5. The molecule has 9 heteroatoms. The molecule has 1 aromatic heterocycles. The van der Waals surface area contributed by atoms with E-state index in [4.69, 9.17) is 21.1 Å². The molecule has 8 nitrogen and oxygen atoms in total. The number of benzene rings is 1. The van der Waals surface area contributed by atoms with E-state index in [0.717, 1.165) is 0 Å². The van der Waals surface area contributed by atoms with Crippen LogP contribution in [-0.4, -0.2) is 29.1 Å². The zero-order valence-electron chi connectivity index (χ0n) is 11.2. The van der Waals surface area contributed by atoms with Crippen LogP contribution in [0, 0.1) is 10.1 Å². The van der Waals surface area contributed by atoms with Crippen molar-refractivity contribution in [2.24, 2.45) is 0 Å². The third kappa shape index (κ3) is 3.29. The quantitative estimate of drug-likeness (QED) is 0.515. The summed E-state index contributed by atoms with van der Waals surface area (Å²) >= 11 is 5.73. The molecule has 0 bridgehead atoms. The molecule has 0 unspecified atom stereocenters. The maximum absolute atomic E-state index is 10.8. The second-order valence-electron chi connectivity index (χ2n) is 3.82. The van der Waals surface area contributed by atoms with Crippen LogP contribution in [0.3, 0.4) is 0 Å². The van der Waals surface area contributed by atoms with Crippen LogP contribution >= 0.6 is 11.6 Å². The lowest BCUT2D eigenvalue weighted by Crippen LogP contribution is -2.00. The Balaban J connectivity index is 2.36. The molecule has 0 saturated heterocycles. The number of hydrogen-bond donors (Lipinski definition) is 1. The summed E-state index contributed by atoms with van der Waals surface area (Å²) in [6.45, 7) is 0. The van der Waals surface area contributed by atoms with Gasteiger partial charge in [0, 0.05) is 17.8 Å². The minimum atomic E-state index is -0.523. The highest BCUT2D eigenvalue weighted by molar-refractivity contribution is 6.28. The molecule has 1 aromatic carbocycles. The lowest BCUT2D eigenvalue weighted by Gasteiger charge is -2.10. The molecule has 110 valence electrons. The van der Waals surface area contributed by atoms with Crippen molar-refractivity contribution >= 4 is 28.8 Å². The second kappa shape index (κ2) is 6.23. The van der Waals surface area contributed by atoms with Gasteiger partial charge in [-0.05, 0) is 17.7 Å². The van der Waals surface area contributed by atoms with E-state index in [2.05, 4.69) is 15.3 Å². The molecule has 0 aliphatic rings. The van der Waals surface area contributed by atoms with Crippen molar-refractivity contribution in [1.29, 1.82) is 0 Å². The lowest BCUT2D eigenvalue weighted by molar-refractivity contribution is -0.385. The van der Waals surface area contributed by atoms with Gasteiger partial charge in [-0.15, -0.1) is 0 Å². The van der Waals surface area contributed by atoms with Crippen molar-refractivity contribution in [3.8, 4) is 11.5 Å². The molecule has 0 atom stereocenters. The Hall–Kier alpha value is -2.61. The van der Waals surface area contributed by atoms with Crippen LogP contribution < -0.4 is 14.8 Å². The molecular weight excluding hydrogens is 300 g/mol. The third-order valence-electron chi connectivity index (χ3n) is 2.58. The number of ether oxygens (including phenoxy) is 2. The first kappa shape index (κ1) is 14.8. The number of aromatic nitrogens is 2. The Bertz CT molecular complexity index is 680. The zero-order chi connectivity index (χ0) is 15.4. The second-order valence-corrected chi connectivity index (χ2v) is 4.16. The summed E-state index contributed by atoms with van der Waals surface area (Å²) in [6.07, 6.45) is 1.42. The number of nitrogens with zero attached hydrogens (tertiary/aromatic N) is 3. The summed E-state index contributed by atoms with van der Waals surface area (Å²) in [5.74, 6) is 0.856. The molecule has 0 fully saturated rings. The van der Waals surface area contributed by atoms with Crippen molar-refractivity contribution in [1.82, 2.24) is 9.97 Å². The minimum Gasteiger partial charge on any atom is -0.491 e. The molecule has 0 spiro atoms. The average molecular weight is 311 g/mol. The van der Waals surface area contributed by atoms with Gasteiger partial charge >= 0.3 is 5.69 Å². The lowest BCUT2D eigenvalue weighted by atomic mass is 10.2. The normalized spacial score (nSPS) is 10.0. The largest absolute Gasteiger partial charge is 0.491 e. The molecule has 1 N–H and O–H groups in total. The SMILES string of the molecule is COc1cc(Nc2nc(Cl)ncc2OC)ccc1[N+](=O)[O-]. The molecule has 1 heterocycles. The van der Waals surface area contributed by atoms with Crippen LogP contribution in [0.15, 0.2) is 24.4 Å². The van der Waals surface area contributed by atoms with E-state index in [1.54, 1.807) is 0 Å². The first-order valence-electron chi connectivity index (χ1n) is 5.71. The minimum absolute atomic E-state index is 0.0483. The maximum Gasteiger partial charge on any atom is 0.311 e. The van der Waals surface area contributed by atoms with E-state index < -0.39 is 4.92 Å². The number of halogens is 1. The maximum atomic E-state index is 10.8. The van der Waals surface area contributed by atoms with Crippen LogP contribution in [0.4, 0.5) is 17.2 Å². The highest BCUT2D eigenvalue weighted by Crippen LogP contribution is 2.32. The summed E-state index contributed by atoms with van der Waals surface area (Å²) in [7, 11) is 2.82. The number of rotatable bonds is 5. The highest BCUT2D eigenvalue weighted by Gasteiger charge is 2.15. The van der Waals surface area contributed by atoms with Crippen molar-refractivity contribution in [3.05, 3.63) is 39.8 Å². The van der Waals surface area contributed by atoms with Gasteiger partial charge in [-0.2, -0.15) is 4.98 Å². The van der Waals surface area contributed by atoms with Gasteiger partial charge in [0.1, 0.15) is 0 Å². The summed E-state index contributed by atoms with van der Waals surface area (Å²) < 4.78 is 10.1. The standard InChI is InChI=1S/C12H11ClN4O4/c1-20-9-5-7(3-4-8(9)17(18)19)15-11-10(21-2)6-14-12(13)16-11/h3-6H,1-2H3,(H,14,15,16). The van der Waals surface area contributed by atoms with Gasteiger partial charge < -0.3 is 14.8 Å². The van der Waals surface area contributed by atoms with Crippen molar-refractivity contribution < 1.29 is 14.4 Å². The first-order chi connectivity index (χ1) is 10.0. The van der Waals surface area contributed by atoms with Crippen molar-refractivity contribution in [2.45, 2.75) is 0 Å². The van der Waals surface area contributed by atoms with Gasteiger partial charge in [0.15, 0.2) is 17.3 Å². The Kier molecular flexibility index (Phi) is 4.39. The summed E-state index contributed by atoms with van der Waals surface area (Å²) in [6, 6.07) is 4.33. The van der Waals surface area contributed by atoms with E-state index in [9.17, 15) is 10.1 Å². The Morgan fingerprint density at radius 2 is 2.00 bits per heavy atom. The van der Waals surface area contributed by atoms with Gasteiger partial charge in [0.25, 0.3) is 0 Å². The fourth-order valence-corrected chi connectivity index (χ4v) is 1.76. The van der Waals surface area contributed by atoms with E-state index in [1.807, 2.05) is 0 Å². The van der Waals surface area contributed by atoms with E-state index in [1.165, 1.54) is 38.6 Å². The molecule has 0 aliphatic heterocycles. The molecule has 2 rings (SSSR count). The fraction of sp³-hybridized carbons (Fsp3) is 0.167. The topological polar surface area (TPSA) is 99.4 Å². The monoisotopic (exact) mass is 310 g/mol. The van der Waals surface area contributed by atoms with E-state index in [-0.39, 0.29) is 16.7 Å². The van der Waals surface area contributed by atoms with E-state index in [0.29, 0.717) is 17.3 Å². The van der Waals surface area contributed by atoms with Crippen LogP contribution in [0.25, 0.3) is 0 Å². The fourth-order valence-electron chi connectivity index (χ4n) is 1.63. The molecule has 0 amide bonds. The number of nitro groups is 1. The summed E-state index contributed by atoms with van der Waals surface area (Å²) in [5.41, 5.74) is 0.404. The molecule has 0 aliphatic carbocycles. The number of methoxy groups -OCH3 is 2. The number of nitro benzene ring substituents is 1. The van der Waals surface area contributed by atoms with Crippen LogP contribution in [0.2, 0.25) is 5.28 Å². The van der Waals surface area contributed by atoms with Crippen LogP contribution in [0.1, 0.15) is 0 Å². The summed E-state index contributed by atoms with van der Waals surface area (Å²) in [5, 5.41) is 13.8. The molecule has 0 saturated carbocycles. The van der Waals surface area contributed by atoms with Gasteiger partial charge in [0.05, 0.1) is 25.3 Å². The van der Waals surface area contributed by atoms with Crippen molar-refractivity contribution in [2.75, 3.05) is 19.5 Å². The number of hydrogen-bond acceptors (Lipinski definition) is 7. The summed E-state index contributed by atoms with van der Waals surface area (Å²) in [4.78, 5) is 18.1. The van der Waals surface area contributed by atoms with Gasteiger partial charge in [-0.25, -0.2) is 4.98 Å². The average Bonchev–Trinajstić information content (AvgIpc) is 2.47. The third-order valence-corrected chi connectivity index (χ3v) is 2.77. The van der Waals surface area contributed by atoms with Crippen LogP contribution in [-0.2, 0) is 0 Å². The Labute approximate surface area is 124 Å². The number of nitrogens with one attached hydrogen (secondary N) is 1. The van der Waals surface area contributed by atoms with Crippen molar-refractivity contribution in [3.63, 3.8) is 0 Å². The van der Waals surface area contributed by atoms with Crippen LogP contribution in [0.5, 0.6) is 11.5 Å². The predicted molar refractivity (Wildman–Crippen MR) is 76.5 cm³/mol. The first-order valence-corrected chi connectivity index (χ1v) is 6.09. The molecule has 2 aromatic rings. The molecule has 21 heavy (non-hydrogen) atoms. The van der Waals surface area contributed by atoms with Gasteiger partial charge in [0.2, 0.25) is 5.28 Å². The molecule has 0 radical (unpaired) electrons. The van der Waals surface area contributed by atoms with Gasteiger partial charge in [-0.3, -0.25) is 10.1 Å². The Morgan fingerprint density at radius 3 is 2.62 bits per heavy atom. The van der Waals surface area contributed by atoms with E-state index >= 15 is 0 Å². The zero-order valence-corrected chi connectivity index (χ0v) is 11.9. The molecular formula is C12H11ClN4O4. The number of anilines is 2.